The molecule has 3 aromatic rings. The van der Waals surface area contributed by atoms with E-state index in [1.807, 2.05) is 22.2 Å². The molecule has 1 aliphatic heterocycles. The van der Waals surface area contributed by atoms with E-state index in [-0.39, 0.29) is 23.0 Å². The van der Waals surface area contributed by atoms with Gasteiger partial charge in [0.25, 0.3) is 5.91 Å². The van der Waals surface area contributed by atoms with Gasteiger partial charge in [-0.15, -0.1) is 11.3 Å². The summed E-state index contributed by atoms with van der Waals surface area (Å²) in [4.78, 5) is 20.3. The van der Waals surface area contributed by atoms with Crippen LogP contribution in [0.5, 0.6) is 0 Å². The second-order valence-corrected chi connectivity index (χ2v) is 8.58. The smallest absolute Gasteiger partial charge is 0.268 e. The number of aromatic amines is 1. The Balaban J connectivity index is 1.43. The van der Waals surface area contributed by atoms with Gasteiger partial charge in [-0.25, -0.2) is 13.4 Å². The standard InChI is InChI=1S/C15H17N5O4S2/c21-14(17-8-11-10-19-3-6-25-15(19)18-11)13-7-12(9-16-13)26(22,23)20-1-4-24-5-2-20/h3,6-7,9-10,16H,1-2,4-5,8H2,(H,17,21). The molecule has 1 amide bonds. The summed E-state index contributed by atoms with van der Waals surface area (Å²) >= 11 is 1.51. The van der Waals surface area contributed by atoms with Gasteiger partial charge in [0.1, 0.15) is 10.6 Å². The van der Waals surface area contributed by atoms with E-state index in [1.165, 1.54) is 27.9 Å². The SMILES string of the molecule is O=C(NCc1cn2ccsc2n1)c1cc(S(=O)(=O)N2CCOCC2)c[nH]1. The molecule has 0 spiro atoms. The lowest BCUT2D eigenvalue weighted by Gasteiger charge is -2.25. The summed E-state index contributed by atoms with van der Waals surface area (Å²) in [5, 5.41) is 4.67. The first-order valence-electron chi connectivity index (χ1n) is 7.99. The van der Waals surface area contributed by atoms with Crippen molar-refractivity contribution in [2.45, 2.75) is 11.4 Å². The van der Waals surface area contributed by atoms with E-state index >= 15 is 0 Å². The number of hydrogen-bond acceptors (Lipinski definition) is 6. The number of aromatic nitrogens is 3. The molecule has 4 heterocycles. The summed E-state index contributed by atoms with van der Waals surface area (Å²) < 4.78 is 33.6. The Morgan fingerprint density at radius 2 is 2.19 bits per heavy atom. The van der Waals surface area contributed by atoms with Gasteiger partial charge < -0.3 is 15.0 Å². The van der Waals surface area contributed by atoms with Crippen LogP contribution in [0.25, 0.3) is 4.96 Å². The molecule has 138 valence electrons. The maximum Gasteiger partial charge on any atom is 0.268 e. The molecule has 0 bridgehead atoms. The molecule has 1 saturated heterocycles. The zero-order valence-electron chi connectivity index (χ0n) is 13.7. The molecule has 26 heavy (non-hydrogen) atoms. The molecule has 0 saturated carbocycles. The largest absolute Gasteiger partial charge is 0.379 e. The quantitative estimate of drug-likeness (QED) is 0.660. The zero-order chi connectivity index (χ0) is 18.1. The van der Waals surface area contributed by atoms with Crippen LogP contribution in [-0.4, -0.2) is 59.3 Å². The van der Waals surface area contributed by atoms with Crippen molar-refractivity contribution in [2.24, 2.45) is 0 Å². The van der Waals surface area contributed by atoms with Gasteiger partial charge in [-0.3, -0.25) is 9.20 Å². The third-order valence-electron chi connectivity index (χ3n) is 4.08. The molecule has 0 radical (unpaired) electrons. The van der Waals surface area contributed by atoms with Gasteiger partial charge in [-0.1, -0.05) is 0 Å². The third kappa shape index (κ3) is 3.26. The molecule has 0 unspecified atom stereocenters. The summed E-state index contributed by atoms with van der Waals surface area (Å²) in [7, 11) is -3.62. The summed E-state index contributed by atoms with van der Waals surface area (Å²) in [6.45, 7) is 1.63. The monoisotopic (exact) mass is 395 g/mol. The molecule has 0 aromatic carbocycles. The van der Waals surface area contributed by atoms with Crippen LogP contribution in [0, 0.1) is 0 Å². The predicted molar refractivity (Wildman–Crippen MR) is 94.6 cm³/mol. The van der Waals surface area contributed by atoms with E-state index in [4.69, 9.17) is 4.74 Å². The second kappa shape index (κ2) is 6.83. The minimum atomic E-state index is -3.62. The fourth-order valence-corrected chi connectivity index (χ4v) is 4.84. The number of nitrogens with zero attached hydrogens (tertiary/aromatic N) is 3. The van der Waals surface area contributed by atoms with Crippen molar-refractivity contribution in [3.8, 4) is 0 Å². The number of H-pyrrole nitrogens is 1. The number of hydrogen-bond donors (Lipinski definition) is 2. The molecule has 11 heteroatoms. The Bertz CT molecular complexity index is 1000. The first-order valence-corrected chi connectivity index (χ1v) is 10.3. The van der Waals surface area contributed by atoms with Crippen molar-refractivity contribution < 1.29 is 17.9 Å². The molecule has 1 aliphatic rings. The molecule has 9 nitrogen and oxygen atoms in total. The highest BCUT2D eigenvalue weighted by Gasteiger charge is 2.27. The highest BCUT2D eigenvalue weighted by molar-refractivity contribution is 7.89. The second-order valence-electron chi connectivity index (χ2n) is 5.77. The summed E-state index contributed by atoms with van der Waals surface area (Å²) in [5.74, 6) is -0.384. The number of amides is 1. The zero-order valence-corrected chi connectivity index (χ0v) is 15.3. The number of imidazole rings is 1. The van der Waals surface area contributed by atoms with Crippen molar-refractivity contribution >= 4 is 32.2 Å². The van der Waals surface area contributed by atoms with Crippen LogP contribution in [0.2, 0.25) is 0 Å². The molecule has 3 aromatic heterocycles. The fourth-order valence-electron chi connectivity index (χ4n) is 2.72. The number of ether oxygens (including phenoxy) is 1. The first kappa shape index (κ1) is 17.2. The molecule has 0 aliphatic carbocycles. The van der Waals surface area contributed by atoms with Gasteiger partial charge in [0.15, 0.2) is 4.96 Å². The molecule has 1 fully saturated rings. The van der Waals surface area contributed by atoms with E-state index < -0.39 is 10.0 Å². The average Bonchev–Trinajstić information content (AvgIpc) is 3.36. The number of fused-ring (bicyclic) bond motifs is 1. The molecular formula is C15H17N5O4S2. The summed E-state index contributed by atoms with van der Waals surface area (Å²) in [5.41, 5.74) is 0.927. The summed E-state index contributed by atoms with van der Waals surface area (Å²) in [6, 6.07) is 1.35. The van der Waals surface area contributed by atoms with E-state index in [0.717, 1.165) is 10.7 Å². The van der Waals surface area contributed by atoms with E-state index in [0.29, 0.717) is 26.3 Å². The van der Waals surface area contributed by atoms with E-state index in [2.05, 4.69) is 15.3 Å². The van der Waals surface area contributed by atoms with Crippen molar-refractivity contribution in [3.63, 3.8) is 0 Å². The van der Waals surface area contributed by atoms with Gasteiger partial charge >= 0.3 is 0 Å². The Morgan fingerprint density at radius 3 is 2.96 bits per heavy atom. The van der Waals surface area contributed by atoms with Crippen molar-refractivity contribution in [1.29, 1.82) is 0 Å². The number of morpholine rings is 1. The maximum absolute atomic E-state index is 12.6. The minimum absolute atomic E-state index is 0.0760. The van der Waals surface area contributed by atoms with Crippen molar-refractivity contribution in [1.82, 2.24) is 24.0 Å². The van der Waals surface area contributed by atoms with Crippen molar-refractivity contribution in [2.75, 3.05) is 26.3 Å². The number of carbonyl (C=O) groups is 1. The van der Waals surface area contributed by atoms with Gasteiger partial charge in [0.05, 0.1) is 25.5 Å². The van der Waals surface area contributed by atoms with Crippen LogP contribution in [0.4, 0.5) is 0 Å². The Kier molecular flexibility index (Phi) is 4.53. The Hall–Kier alpha value is -2.21. The Labute approximate surface area is 153 Å². The van der Waals surface area contributed by atoms with Gasteiger partial charge in [-0.2, -0.15) is 4.31 Å². The van der Waals surface area contributed by atoms with Gasteiger partial charge in [-0.05, 0) is 6.07 Å². The Morgan fingerprint density at radius 1 is 1.38 bits per heavy atom. The average molecular weight is 395 g/mol. The van der Waals surface area contributed by atoms with Crippen LogP contribution in [0.3, 0.4) is 0 Å². The normalized spacial score (nSPS) is 16.2. The van der Waals surface area contributed by atoms with Crippen LogP contribution in [0.1, 0.15) is 16.2 Å². The maximum atomic E-state index is 12.6. The van der Waals surface area contributed by atoms with E-state index in [1.54, 1.807) is 0 Å². The molecule has 4 rings (SSSR count). The lowest BCUT2D eigenvalue weighted by molar-refractivity contribution is 0.0730. The van der Waals surface area contributed by atoms with Crippen molar-refractivity contribution in [3.05, 3.63) is 41.4 Å². The predicted octanol–water partition coefficient (Wildman–Crippen LogP) is 0.675. The van der Waals surface area contributed by atoms with Crippen LogP contribution < -0.4 is 5.32 Å². The van der Waals surface area contributed by atoms with Crippen LogP contribution in [-0.2, 0) is 21.3 Å². The van der Waals surface area contributed by atoms with E-state index in [9.17, 15) is 13.2 Å². The number of sulfonamides is 1. The number of rotatable bonds is 5. The topological polar surface area (TPSA) is 109 Å². The molecule has 0 atom stereocenters. The number of thiazole rings is 1. The molecule has 2 N–H and O–H groups in total. The van der Waals surface area contributed by atoms with Crippen LogP contribution in [0.15, 0.2) is 34.9 Å². The fraction of sp³-hybridized carbons (Fsp3) is 0.333. The minimum Gasteiger partial charge on any atom is -0.379 e. The van der Waals surface area contributed by atoms with Gasteiger partial charge in [0.2, 0.25) is 10.0 Å². The number of carbonyl (C=O) groups excluding carboxylic acids is 1. The van der Waals surface area contributed by atoms with Gasteiger partial charge in [0, 0.05) is 37.1 Å². The highest BCUT2D eigenvalue weighted by atomic mass is 32.2. The lowest BCUT2D eigenvalue weighted by atomic mass is 10.4. The highest BCUT2D eigenvalue weighted by Crippen LogP contribution is 2.18. The molecular weight excluding hydrogens is 378 g/mol. The first-order chi connectivity index (χ1) is 12.5. The third-order valence-corrected chi connectivity index (χ3v) is 6.73. The number of nitrogens with one attached hydrogen (secondary N) is 2. The lowest BCUT2D eigenvalue weighted by Crippen LogP contribution is -2.40. The van der Waals surface area contributed by atoms with Crippen LogP contribution >= 0.6 is 11.3 Å². The summed E-state index contributed by atoms with van der Waals surface area (Å²) in [6.07, 6.45) is 5.08.